The van der Waals surface area contributed by atoms with Gasteiger partial charge in [-0.25, -0.2) is 21.6 Å². The van der Waals surface area contributed by atoms with Gasteiger partial charge in [-0.2, -0.15) is 0 Å². The molecule has 27 heavy (non-hydrogen) atoms. The molecule has 3 rings (SSSR count). The molecular weight excluding hydrogens is 407 g/mol. The zero-order valence-corrected chi connectivity index (χ0v) is 15.1. The second kappa shape index (κ2) is 7.14. The van der Waals surface area contributed by atoms with Crippen LogP contribution >= 0.6 is 11.6 Å². The Kier molecular flexibility index (Phi) is 5.20. The fourth-order valence-electron chi connectivity index (χ4n) is 2.66. The topological polar surface area (TPSA) is 83.5 Å². The molecule has 5 nitrogen and oxygen atoms in total. The van der Waals surface area contributed by atoms with Crippen molar-refractivity contribution < 1.29 is 31.5 Å². The van der Waals surface area contributed by atoms with Gasteiger partial charge in [0.1, 0.15) is 0 Å². The molecule has 0 saturated heterocycles. The molecule has 0 atom stereocenters. The number of rotatable bonds is 4. The molecule has 144 valence electrons. The molecular formula is C17H13ClF3NO4S. The van der Waals surface area contributed by atoms with Crippen molar-refractivity contribution in [1.82, 2.24) is 0 Å². The molecule has 2 aromatic rings. The molecule has 0 unspecified atom stereocenters. The average molecular weight is 420 g/mol. The van der Waals surface area contributed by atoms with Crippen LogP contribution in [0.4, 0.5) is 18.9 Å². The van der Waals surface area contributed by atoms with Crippen LogP contribution in [0.3, 0.4) is 0 Å². The van der Waals surface area contributed by atoms with E-state index >= 15 is 0 Å². The Bertz CT molecular complexity index is 1000. The van der Waals surface area contributed by atoms with E-state index in [0.717, 1.165) is 6.07 Å². The number of nitrogens with one attached hydrogen (secondary N) is 1. The largest absolute Gasteiger partial charge is 0.393 e. The van der Waals surface area contributed by atoms with Gasteiger partial charge in [0.05, 0.1) is 21.3 Å². The van der Waals surface area contributed by atoms with Crippen LogP contribution in [0, 0.1) is 17.5 Å². The molecule has 0 spiro atoms. The molecule has 2 aromatic carbocycles. The Hall–Kier alpha value is -2.10. The lowest BCUT2D eigenvalue weighted by Crippen LogP contribution is -2.39. The lowest BCUT2D eigenvalue weighted by molar-refractivity contribution is 0.0976. The van der Waals surface area contributed by atoms with Crippen molar-refractivity contribution in [2.45, 2.75) is 29.1 Å². The van der Waals surface area contributed by atoms with E-state index in [1.165, 1.54) is 12.1 Å². The van der Waals surface area contributed by atoms with Gasteiger partial charge < -0.3 is 10.4 Å². The number of anilines is 1. The zero-order valence-electron chi connectivity index (χ0n) is 13.5. The van der Waals surface area contributed by atoms with Gasteiger partial charge in [0.25, 0.3) is 5.91 Å². The van der Waals surface area contributed by atoms with Gasteiger partial charge in [0.15, 0.2) is 27.3 Å². The van der Waals surface area contributed by atoms with Gasteiger partial charge in [-0.05, 0) is 31.0 Å². The highest BCUT2D eigenvalue weighted by Gasteiger charge is 2.39. The smallest absolute Gasteiger partial charge is 0.255 e. The Morgan fingerprint density at radius 3 is 2.26 bits per heavy atom. The standard InChI is InChI=1S/C17H13ClF3NO4S/c18-12-2-1-8(3-15(12)27(25,26)11-6-10(23)7-11)17(24)22-9-4-13(19)16(21)14(20)5-9/h1-5,10-11,23H,6-7H2,(H,22,24)/t10-,11+. The summed E-state index contributed by atoms with van der Waals surface area (Å²) < 4.78 is 64.6. The molecule has 2 N–H and O–H groups in total. The highest BCUT2D eigenvalue weighted by Crippen LogP contribution is 2.35. The minimum atomic E-state index is -3.86. The normalized spacial score (nSPS) is 19.4. The van der Waals surface area contributed by atoms with Crippen LogP contribution < -0.4 is 5.32 Å². The molecule has 0 aliphatic heterocycles. The first-order chi connectivity index (χ1) is 12.6. The van der Waals surface area contributed by atoms with E-state index in [-0.39, 0.29) is 34.0 Å². The van der Waals surface area contributed by atoms with Crippen molar-refractivity contribution in [2.75, 3.05) is 5.32 Å². The summed E-state index contributed by atoms with van der Waals surface area (Å²) >= 11 is 5.95. The minimum absolute atomic E-state index is 0.0726. The van der Waals surface area contributed by atoms with Gasteiger partial charge in [-0.15, -0.1) is 0 Å². The van der Waals surface area contributed by atoms with Crippen LogP contribution in [0.1, 0.15) is 23.2 Å². The number of halogens is 4. The van der Waals surface area contributed by atoms with Crippen LogP contribution in [-0.2, 0) is 9.84 Å². The van der Waals surface area contributed by atoms with E-state index in [4.69, 9.17) is 11.6 Å². The Morgan fingerprint density at radius 1 is 1.11 bits per heavy atom. The van der Waals surface area contributed by atoms with E-state index < -0.39 is 44.5 Å². The number of sulfone groups is 1. The van der Waals surface area contributed by atoms with Crippen molar-refractivity contribution in [3.05, 3.63) is 58.4 Å². The summed E-state index contributed by atoms with van der Waals surface area (Å²) in [7, 11) is -3.86. The number of hydrogen-bond donors (Lipinski definition) is 2. The highest BCUT2D eigenvalue weighted by molar-refractivity contribution is 7.92. The van der Waals surface area contributed by atoms with Gasteiger partial charge in [0.2, 0.25) is 0 Å². The van der Waals surface area contributed by atoms with Crippen LogP contribution in [-0.4, -0.2) is 30.8 Å². The number of hydrogen-bond acceptors (Lipinski definition) is 4. The van der Waals surface area contributed by atoms with Gasteiger partial charge in [-0.1, -0.05) is 11.6 Å². The number of carbonyl (C=O) groups excluding carboxylic acids is 1. The number of aliphatic hydroxyl groups excluding tert-OH is 1. The molecule has 0 heterocycles. The predicted molar refractivity (Wildman–Crippen MR) is 91.9 cm³/mol. The predicted octanol–water partition coefficient (Wildman–Crippen LogP) is 3.31. The third-order valence-electron chi connectivity index (χ3n) is 4.25. The van der Waals surface area contributed by atoms with Gasteiger partial charge >= 0.3 is 0 Å². The number of amides is 1. The first-order valence-corrected chi connectivity index (χ1v) is 9.69. The van der Waals surface area contributed by atoms with Crippen molar-refractivity contribution in [1.29, 1.82) is 0 Å². The van der Waals surface area contributed by atoms with E-state index in [2.05, 4.69) is 5.32 Å². The molecule has 10 heteroatoms. The lowest BCUT2D eigenvalue weighted by Gasteiger charge is -2.31. The SMILES string of the molecule is O=C(Nc1cc(F)c(F)c(F)c1)c1ccc(Cl)c(S(=O)(=O)[C@H]2C[C@@H](O)C2)c1. The molecule has 0 aromatic heterocycles. The fraction of sp³-hybridized carbons (Fsp3) is 0.235. The van der Waals surface area contributed by atoms with Crippen LogP contribution in [0.25, 0.3) is 0 Å². The Morgan fingerprint density at radius 2 is 1.70 bits per heavy atom. The van der Waals surface area contributed by atoms with Crippen molar-refractivity contribution in [2.24, 2.45) is 0 Å². The summed E-state index contributed by atoms with van der Waals surface area (Å²) in [4.78, 5) is 12.0. The molecule has 0 bridgehead atoms. The first kappa shape index (κ1) is 19.7. The van der Waals surface area contributed by atoms with Crippen molar-refractivity contribution >= 4 is 33.0 Å². The molecule has 1 saturated carbocycles. The van der Waals surface area contributed by atoms with Gasteiger partial charge in [-0.3, -0.25) is 4.79 Å². The van der Waals surface area contributed by atoms with Crippen LogP contribution in [0.2, 0.25) is 5.02 Å². The van der Waals surface area contributed by atoms with Crippen molar-refractivity contribution in [3.8, 4) is 0 Å². The fourth-order valence-corrected chi connectivity index (χ4v) is 5.05. The summed E-state index contributed by atoms with van der Waals surface area (Å²) in [5, 5.41) is 10.6. The first-order valence-electron chi connectivity index (χ1n) is 7.77. The Balaban J connectivity index is 1.88. The molecule has 1 fully saturated rings. The number of carbonyl (C=O) groups is 1. The quantitative estimate of drug-likeness (QED) is 0.745. The highest BCUT2D eigenvalue weighted by atomic mass is 35.5. The molecule has 1 aliphatic rings. The van der Waals surface area contributed by atoms with Crippen molar-refractivity contribution in [3.63, 3.8) is 0 Å². The average Bonchev–Trinajstić information content (AvgIpc) is 2.56. The third-order valence-corrected chi connectivity index (χ3v) is 6.91. The monoisotopic (exact) mass is 419 g/mol. The summed E-state index contributed by atoms with van der Waals surface area (Å²) in [6.07, 6.45) is -0.551. The number of benzene rings is 2. The van der Waals surface area contributed by atoms with E-state index in [1.54, 1.807) is 0 Å². The summed E-state index contributed by atoms with van der Waals surface area (Å²) in [6.45, 7) is 0. The second-order valence-corrected chi connectivity index (χ2v) is 8.75. The summed E-state index contributed by atoms with van der Waals surface area (Å²) in [6, 6.07) is 4.69. The van der Waals surface area contributed by atoms with E-state index in [0.29, 0.717) is 12.1 Å². The molecule has 1 amide bonds. The molecule has 1 aliphatic carbocycles. The maximum absolute atomic E-state index is 13.2. The lowest BCUT2D eigenvalue weighted by atomic mass is 9.96. The van der Waals surface area contributed by atoms with E-state index in [1.807, 2.05) is 0 Å². The number of aliphatic hydroxyl groups is 1. The summed E-state index contributed by atoms with van der Waals surface area (Å²) in [5.41, 5.74) is -0.458. The summed E-state index contributed by atoms with van der Waals surface area (Å²) in [5.74, 6) is -5.49. The second-order valence-electron chi connectivity index (χ2n) is 6.15. The van der Waals surface area contributed by atoms with E-state index in [9.17, 15) is 31.5 Å². The van der Waals surface area contributed by atoms with Crippen LogP contribution in [0.15, 0.2) is 35.2 Å². The van der Waals surface area contributed by atoms with Gasteiger partial charge in [0, 0.05) is 23.4 Å². The molecule has 0 radical (unpaired) electrons. The zero-order chi connectivity index (χ0) is 19.9. The third kappa shape index (κ3) is 3.80. The maximum Gasteiger partial charge on any atom is 0.255 e. The van der Waals surface area contributed by atoms with Crippen LogP contribution in [0.5, 0.6) is 0 Å². The maximum atomic E-state index is 13.2. The Labute approximate surface area is 157 Å². The minimum Gasteiger partial charge on any atom is -0.393 e.